The largest absolute Gasteiger partial charge is 1.00 e. The Bertz CT molecular complexity index is 1300. The van der Waals surface area contributed by atoms with Crippen molar-refractivity contribution in [1.29, 1.82) is 0 Å². The van der Waals surface area contributed by atoms with E-state index in [1.807, 2.05) is 6.07 Å². The van der Waals surface area contributed by atoms with E-state index in [1.165, 1.54) is 30.2 Å². The molecule has 0 amide bonds. The van der Waals surface area contributed by atoms with Gasteiger partial charge in [0.15, 0.2) is 0 Å². The van der Waals surface area contributed by atoms with Gasteiger partial charge in [-0.1, -0.05) is 24.4 Å². The SMILES string of the molecule is O=S1(=O)NCCCN1CCCNc1nc(Nc2cc[c-]cc2C2CC2)ncc1C(F)(F)F.[CH2-]CN(C[CH2-])C1CCN(C)CC1.[Li+]. The van der Waals surface area contributed by atoms with Gasteiger partial charge in [-0.3, -0.25) is 0 Å². The van der Waals surface area contributed by atoms with Crippen LogP contribution in [-0.4, -0.2) is 97.9 Å². The smallest absolute Gasteiger partial charge is 0.369 e. The molecule has 0 bridgehead atoms. The molecule has 1 aromatic heterocycles. The summed E-state index contributed by atoms with van der Waals surface area (Å²) in [6.07, 6.45) is 1.83. The van der Waals surface area contributed by atoms with Crippen LogP contribution in [0.4, 0.5) is 30.6 Å². The maximum Gasteiger partial charge on any atom is 1.00 e. The van der Waals surface area contributed by atoms with Gasteiger partial charge in [0.05, 0.1) is 0 Å². The van der Waals surface area contributed by atoms with E-state index in [2.05, 4.69) is 62.1 Å². The maximum absolute atomic E-state index is 13.4. The predicted molar refractivity (Wildman–Crippen MR) is 167 cm³/mol. The van der Waals surface area contributed by atoms with Crippen molar-refractivity contribution in [2.75, 3.05) is 70.0 Å². The summed E-state index contributed by atoms with van der Waals surface area (Å²) in [5.41, 5.74) is 0.820. The normalized spacial score (nSPS) is 19.4. The molecule has 5 rings (SSSR count). The minimum Gasteiger partial charge on any atom is -0.369 e. The molecule has 0 atom stereocenters. The van der Waals surface area contributed by atoms with Gasteiger partial charge in [0, 0.05) is 38.4 Å². The third kappa shape index (κ3) is 11.1. The number of likely N-dealkylation sites (tertiary alicyclic amines) is 1. The molecule has 10 nitrogen and oxygen atoms in total. The van der Waals surface area contributed by atoms with Crippen LogP contribution in [-0.2, 0) is 16.4 Å². The molecule has 2 aromatic rings. The number of rotatable bonds is 11. The summed E-state index contributed by atoms with van der Waals surface area (Å²) in [6.45, 7) is 13.2. The summed E-state index contributed by atoms with van der Waals surface area (Å²) < 4.78 is 68.0. The summed E-state index contributed by atoms with van der Waals surface area (Å²) in [7, 11) is -1.32. The number of alkyl halides is 3. The van der Waals surface area contributed by atoms with Gasteiger partial charge in [-0.25, -0.2) is 9.71 Å². The van der Waals surface area contributed by atoms with Crippen molar-refractivity contribution in [3.05, 3.63) is 55.4 Å². The molecular formula is C30H44F3LiN8O2S-2. The predicted octanol–water partition coefficient (Wildman–Crippen LogP) is 1.31. The number of nitrogens with zero attached hydrogens (tertiary/aromatic N) is 5. The fourth-order valence-electron chi connectivity index (χ4n) is 5.39. The molecule has 45 heavy (non-hydrogen) atoms. The first-order chi connectivity index (χ1) is 21.0. The molecule has 0 unspecified atom stereocenters. The summed E-state index contributed by atoms with van der Waals surface area (Å²) in [4.78, 5) is 12.7. The number of piperidine rings is 1. The molecular weight excluding hydrogens is 600 g/mol. The minimum atomic E-state index is -4.62. The Labute approximate surface area is 278 Å². The van der Waals surface area contributed by atoms with Gasteiger partial charge in [-0.2, -0.15) is 49.1 Å². The van der Waals surface area contributed by atoms with E-state index in [4.69, 9.17) is 0 Å². The molecule has 3 fully saturated rings. The average molecular weight is 645 g/mol. The second kappa shape index (κ2) is 17.3. The molecule has 15 heteroatoms. The van der Waals surface area contributed by atoms with Gasteiger partial charge in [-0.15, -0.1) is 24.7 Å². The van der Waals surface area contributed by atoms with Crippen LogP contribution in [0, 0.1) is 19.9 Å². The van der Waals surface area contributed by atoms with Crippen molar-refractivity contribution in [3.63, 3.8) is 0 Å². The third-order valence-electron chi connectivity index (χ3n) is 8.12. The van der Waals surface area contributed by atoms with E-state index in [0.717, 1.165) is 49.4 Å². The Hall–Kier alpha value is -1.92. The number of halogens is 3. The van der Waals surface area contributed by atoms with E-state index >= 15 is 0 Å². The zero-order chi connectivity index (χ0) is 31.7. The van der Waals surface area contributed by atoms with E-state index < -0.39 is 21.9 Å². The quantitative estimate of drug-likeness (QED) is 0.191. The standard InChI is InChI=1S/C20H24F3N6O2S.C10H20N2.Li/c21-20(22,23)16-13-25-19(27-17-6-2-1-5-15(17)14-7-8-14)28-18(16)24-9-3-11-29-12-4-10-26-32(29,30)31;1-4-12(5-2)10-6-8-11(3)9-7-10;/h2,5-6,13-14,26H,3-4,7-12H2,(H2,24,25,27,28);10H,1-2,4-9H2,3H3;/q-1;-2;+1. The van der Waals surface area contributed by atoms with E-state index in [0.29, 0.717) is 31.8 Å². The van der Waals surface area contributed by atoms with Crippen molar-refractivity contribution in [2.45, 2.75) is 56.7 Å². The second-order valence-corrected chi connectivity index (χ2v) is 13.1. The number of hydrogen-bond acceptors (Lipinski definition) is 8. The van der Waals surface area contributed by atoms with Gasteiger partial charge >= 0.3 is 25.0 Å². The molecule has 3 N–H and O–H groups in total. The molecule has 2 saturated heterocycles. The molecule has 0 spiro atoms. The van der Waals surface area contributed by atoms with Crippen LogP contribution < -0.4 is 34.2 Å². The van der Waals surface area contributed by atoms with Gasteiger partial charge in [0.2, 0.25) is 5.95 Å². The van der Waals surface area contributed by atoms with E-state index in [1.54, 1.807) is 12.1 Å². The fraction of sp³-hybridized carbons (Fsp3) is 0.600. The number of hydrogen-bond donors (Lipinski definition) is 3. The maximum atomic E-state index is 13.4. The molecule has 3 heterocycles. The number of benzene rings is 1. The van der Waals surface area contributed by atoms with Gasteiger partial charge in [0.1, 0.15) is 11.4 Å². The Balaban J connectivity index is 0.000000359. The van der Waals surface area contributed by atoms with Crippen molar-refractivity contribution in [3.8, 4) is 0 Å². The first kappa shape index (κ1) is 37.5. The van der Waals surface area contributed by atoms with Gasteiger partial charge in [0.25, 0.3) is 10.2 Å². The van der Waals surface area contributed by atoms with Crippen molar-refractivity contribution >= 4 is 27.7 Å². The van der Waals surface area contributed by atoms with Crippen LogP contribution in [0.25, 0.3) is 0 Å². The summed E-state index contributed by atoms with van der Waals surface area (Å²) in [5.74, 6) is 0.129. The van der Waals surface area contributed by atoms with Crippen molar-refractivity contribution in [2.24, 2.45) is 0 Å². The topological polar surface area (TPSA) is 106 Å². The number of anilines is 3. The summed E-state index contributed by atoms with van der Waals surface area (Å²) in [6, 6.07) is 9.15. The zero-order valence-corrected chi connectivity index (χ0v) is 27.2. The number of aromatic nitrogens is 2. The van der Waals surface area contributed by atoms with Gasteiger partial charge in [-0.05, 0) is 45.8 Å². The zero-order valence-electron chi connectivity index (χ0n) is 26.4. The average Bonchev–Trinajstić information content (AvgIpc) is 3.83. The van der Waals surface area contributed by atoms with Crippen LogP contribution in [0.5, 0.6) is 0 Å². The van der Waals surface area contributed by atoms with Crippen molar-refractivity contribution in [1.82, 2.24) is 28.8 Å². The summed E-state index contributed by atoms with van der Waals surface area (Å²) in [5, 5.41) is 5.72. The van der Waals surface area contributed by atoms with Crippen LogP contribution >= 0.6 is 0 Å². The molecule has 1 saturated carbocycles. The van der Waals surface area contributed by atoms with Crippen molar-refractivity contribution < 1.29 is 40.4 Å². The molecule has 3 aliphatic rings. The Morgan fingerprint density at radius 1 is 1.16 bits per heavy atom. The summed E-state index contributed by atoms with van der Waals surface area (Å²) >= 11 is 0. The molecule has 2 aliphatic heterocycles. The Kier molecular flexibility index (Phi) is 14.4. The minimum absolute atomic E-state index is 0. The Morgan fingerprint density at radius 2 is 1.87 bits per heavy atom. The molecule has 246 valence electrons. The van der Waals surface area contributed by atoms with Crippen LogP contribution in [0.15, 0.2) is 24.4 Å². The van der Waals surface area contributed by atoms with Crippen LogP contribution in [0.2, 0.25) is 0 Å². The molecule has 0 radical (unpaired) electrons. The first-order valence-corrected chi connectivity index (χ1v) is 16.7. The molecule has 1 aliphatic carbocycles. The van der Waals surface area contributed by atoms with Crippen LogP contribution in [0.3, 0.4) is 0 Å². The first-order valence-electron chi connectivity index (χ1n) is 15.2. The van der Waals surface area contributed by atoms with Crippen LogP contribution in [0.1, 0.15) is 55.6 Å². The fourth-order valence-corrected chi connectivity index (χ4v) is 6.72. The molecule has 1 aromatic carbocycles. The monoisotopic (exact) mass is 644 g/mol. The van der Waals surface area contributed by atoms with E-state index in [9.17, 15) is 21.6 Å². The Morgan fingerprint density at radius 3 is 2.49 bits per heavy atom. The number of nitrogens with one attached hydrogen (secondary N) is 3. The third-order valence-corrected chi connectivity index (χ3v) is 9.73. The second-order valence-electron chi connectivity index (χ2n) is 11.4. The van der Waals surface area contributed by atoms with Gasteiger partial charge < -0.3 is 34.3 Å². The van der Waals surface area contributed by atoms with E-state index in [-0.39, 0.29) is 43.7 Å².